The van der Waals surface area contributed by atoms with Crippen LogP contribution in [-0.4, -0.2) is 11.7 Å². The van der Waals surface area contributed by atoms with Crippen molar-refractivity contribution in [1.82, 2.24) is 0 Å². The van der Waals surface area contributed by atoms with E-state index in [0.29, 0.717) is 12.8 Å². The number of alkyl halides is 2. The molecule has 15 heavy (non-hydrogen) atoms. The van der Waals surface area contributed by atoms with Crippen molar-refractivity contribution in [1.29, 1.82) is 0 Å². The zero-order chi connectivity index (χ0) is 11.1. The second-order valence-corrected chi connectivity index (χ2v) is 4.11. The Labute approximate surface area is 86.7 Å². The number of aromatic hydroxyl groups is 1. The van der Waals surface area contributed by atoms with E-state index in [2.05, 4.69) is 0 Å². The van der Waals surface area contributed by atoms with E-state index in [1.54, 1.807) is 0 Å². The number of benzene rings is 1. The van der Waals surface area contributed by atoms with Gasteiger partial charge in [-0.25, -0.2) is 8.78 Å². The van der Waals surface area contributed by atoms with Crippen molar-refractivity contribution in [2.24, 2.45) is 11.1 Å². The maximum absolute atomic E-state index is 14.0. The average molecular weight is 213 g/mol. The molecule has 1 aliphatic carbocycles. The Hall–Kier alpha value is -1.16. The minimum Gasteiger partial charge on any atom is -0.508 e. The molecule has 4 heteroatoms. The molecule has 1 aromatic carbocycles. The Balaban J connectivity index is 2.37. The molecule has 0 heterocycles. The van der Waals surface area contributed by atoms with Gasteiger partial charge < -0.3 is 10.8 Å². The number of halogens is 2. The predicted molar refractivity (Wildman–Crippen MR) is 52.7 cm³/mol. The van der Waals surface area contributed by atoms with Crippen molar-refractivity contribution in [2.45, 2.75) is 18.8 Å². The first-order chi connectivity index (χ1) is 7.02. The highest BCUT2D eigenvalue weighted by molar-refractivity contribution is 5.33. The van der Waals surface area contributed by atoms with E-state index in [9.17, 15) is 13.9 Å². The van der Waals surface area contributed by atoms with Gasteiger partial charge in [0.05, 0.1) is 5.41 Å². The summed E-state index contributed by atoms with van der Waals surface area (Å²) in [7, 11) is 0. The Kier molecular flexibility index (Phi) is 2.19. The number of nitrogens with two attached hydrogens (primary N) is 1. The van der Waals surface area contributed by atoms with E-state index in [4.69, 9.17) is 5.73 Å². The van der Waals surface area contributed by atoms with E-state index in [1.807, 2.05) is 0 Å². The second kappa shape index (κ2) is 3.17. The number of rotatable bonds is 3. The van der Waals surface area contributed by atoms with E-state index < -0.39 is 11.3 Å². The quantitative estimate of drug-likeness (QED) is 0.808. The fourth-order valence-corrected chi connectivity index (χ4v) is 1.80. The van der Waals surface area contributed by atoms with Crippen molar-refractivity contribution < 1.29 is 13.9 Å². The zero-order valence-electron chi connectivity index (χ0n) is 8.21. The third-order valence-electron chi connectivity index (χ3n) is 3.12. The minimum atomic E-state index is -2.94. The molecule has 0 bridgehead atoms. The topological polar surface area (TPSA) is 46.2 Å². The van der Waals surface area contributed by atoms with E-state index in [-0.39, 0.29) is 17.9 Å². The lowest BCUT2D eigenvalue weighted by atomic mass is 9.91. The van der Waals surface area contributed by atoms with Gasteiger partial charge in [-0.2, -0.15) is 0 Å². The van der Waals surface area contributed by atoms with Gasteiger partial charge in [0, 0.05) is 12.1 Å². The summed E-state index contributed by atoms with van der Waals surface area (Å²) in [4.78, 5) is 0. The molecule has 1 saturated carbocycles. The highest BCUT2D eigenvalue weighted by atomic mass is 19.3. The molecule has 3 N–H and O–H groups in total. The highest BCUT2D eigenvalue weighted by Gasteiger charge is 2.61. The first kappa shape index (κ1) is 10.4. The molecule has 0 aliphatic heterocycles. The Bertz CT molecular complexity index is 375. The van der Waals surface area contributed by atoms with Crippen molar-refractivity contribution in [3.05, 3.63) is 29.8 Å². The van der Waals surface area contributed by atoms with Crippen LogP contribution in [0, 0.1) is 5.41 Å². The summed E-state index contributed by atoms with van der Waals surface area (Å²) in [6.45, 7) is -0.0182. The first-order valence-electron chi connectivity index (χ1n) is 4.89. The maximum Gasteiger partial charge on any atom is 0.280 e. The molecule has 1 fully saturated rings. The van der Waals surface area contributed by atoms with Gasteiger partial charge in [-0.3, -0.25) is 0 Å². The van der Waals surface area contributed by atoms with Crippen molar-refractivity contribution in [3.63, 3.8) is 0 Å². The summed E-state index contributed by atoms with van der Waals surface area (Å²) < 4.78 is 28.0. The van der Waals surface area contributed by atoms with E-state index in [0.717, 1.165) is 6.07 Å². The van der Waals surface area contributed by atoms with E-state index in [1.165, 1.54) is 18.2 Å². The van der Waals surface area contributed by atoms with Gasteiger partial charge in [0.15, 0.2) is 0 Å². The molecular weight excluding hydrogens is 200 g/mol. The lowest BCUT2D eigenvalue weighted by Crippen LogP contribution is -2.33. The van der Waals surface area contributed by atoms with Crippen LogP contribution >= 0.6 is 0 Å². The van der Waals surface area contributed by atoms with Crippen LogP contribution in [0.15, 0.2) is 24.3 Å². The molecule has 0 amide bonds. The van der Waals surface area contributed by atoms with Gasteiger partial charge in [0.25, 0.3) is 5.92 Å². The molecule has 2 rings (SSSR count). The van der Waals surface area contributed by atoms with Gasteiger partial charge in [0.2, 0.25) is 0 Å². The number of phenols is 1. The highest BCUT2D eigenvalue weighted by Crippen LogP contribution is 2.60. The van der Waals surface area contributed by atoms with Crippen LogP contribution in [0.25, 0.3) is 0 Å². The zero-order valence-corrected chi connectivity index (χ0v) is 8.21. The second-order valence-electron chi connectivity index (χ2n) is 4.11. The van der Waals surface area contributed by atoms with Crippen molar-refractivity contribution in [2.75, 3.05) is 6.54 Å². The van der Waals surface area contributed by atoms with Crippen LogP contribution in [0.3, 0.4) is 0 Å². The van der Waals surface area contributed by atoms with Gasteiger partial charge in [-0.1, -0.05) is 12.1 Å². The molecule has 0 saturated heterocycles. The number of phenolic OH excluding ortho intramolecular Hbond substituents is 1. The first-order valence-corrected chi connectivity index (χ1v) is 4.89. The van der Waals surface area contributed by atoms with Gasteiger partial charge in [-0.05, 0) is 25.0 Å². The Morgan fingerprint density at radius 1 is 1.40 bits per heavy atom. The lowest BCUT2D eigenvalue weighted by molar-refractivity contribution is -0.0763. The summed E-state index contributed by atoms with van der Waals surface area (Å²) in [5.41, 5.74) is 4.16. The molecule has 1 aromatic rings. The molecule has 82 valence electrons. The average Bonchev–Trinajstić information content (AvgIpc) is 2.98. The number of hydrogen-bond acceptors (Lipinski definition) is 2. The summed E-state index contributed by atoms with van der Waals surface area (Å²) in [5.74, 6) is -3.08. The molecule has 1 aliphatic rings. The smallest absolute Gasteiger partial charge is 0.280 e. The van der Waals surface area contributed by atoms with Crippen LogP contribution < -0.4 is 5.73 Å². The van der Waals surface area contributed by atoms with Crippen LogP contribution in [0.1, 0.15) is 18.4 Å². The summed E-state index contributed by atoms with van der Waals surface area (Å²) in [6, 6.07) is 5.23. The summed E-state index contributed by atoms with van der Waals surface area (Å²) >= 11 is 0. The molecular formula is C11H13F2NO. The lowest BCUT2D eigenvalue weighted by Gasteiger charge is -2.25. The third kappa shape index (κ3) is 1.49. The SMILES string of the molecule is NCC1(C(F)(F)c2cccc(O)c2)CC1. The van der Waals surface area contributed by atoms with Crippen LogP contribution in [0.4, 0.5) is 8.78 Å². The van der Waals surface area contributed by atoms with Gasteiger partial charge in [-0.15, -0.1) is 0 Å². The van der Waals surface area contributed by atoms with Crippen LogP contribution in [0.5, 0.6) is 5.75 Å². The number of hydrogen-bond donors (Lipinski definition) is 2. The largest absolute Gasteiger partial charge is 0.508 e. The molecule has 0 radical (unpaired) electrons. The fraction of sp³-hybridized carbons (Fsp3) is 0.455. The summed E-state index contributed by atoms with van der Waals surface area (Å²) in [6.07, 6.45) is 0.901. The predicted octanol–water partition coefficient (Wildman–Crippen LogP) is 2.22. The molecule has 0 aromatic heterocycles. The molecule has 2 nitrogen and oxygen atoms in total. The van der Waals surface area contributed by atoms with Gasteiger partial charge >= 0.3 is 0 Å². The van der Waals surface area contributed by atoms with Crippen molar-refractivity contribution >= 4 is 0 Å². The van der Waals surface area contributed by atoms with E-state index >= 15 is 0 Å². The Morgan fingerprint density at radius 2 is 2.07 bits per heavy atom. The molecule has 0 spiro atoms. The monoisotopic (exact) mass is 213 g/mol. The third-order valence-corrected chi connectivity index (χ3v) is 3.12. The maximum atomic E-state index is 14.0. The standard InChI is InChI=1S/C11H13F2NO/c12-11(13,10(7-14)4-5-10)8-2-1-3-9(15)6-8/h1-3,6,15H,4-5,7,14H2. The minimum absolute atomic E-state index is 0.0182. The molecule has 0 unspecified atom stereocenters. The fourth-order valence-electron chi connectivity index (χ4n) is 1.80. The van der Waals surface area contributed by atoms with Gasteiger partial charge in [0.1, 0.15) is 5.75 Å². The normalized spacial score (nSPS) is 18.9. The van der Waals surface area contributed by atoms with Crippen LogP contribution in [0.2, 0.25) is 0 Å². The van der Waals surface area contributed by atoms with Crippen LogP contribution in [-0.2, 0) is 5.92 Å². The Morgan fingerprint density at radius 3 is 2.53 bits per heavy atom. The van der Waals surface area contributed by atoms with Crippen molar-refractivity contribution in [3.8, 4) is 5.75 Å². The summed E-state index contributed by atoms with van der Waals surface area (Å²) in [5, 5.41) is 9.17. The molecule has 0 atom stereocenters.